The minimum absolute atomic E-state index is 0.0315. The van der Waals surface area contributed by atoms with Crippen LogP contribution >= 0.6 is 0 Å². The van der Waals surface area contributed by atoms with E-state index < -0.39 is 0 Å². The van der Waals surface area contributed by atoms with Crippen LogP contribution in [0.25, 0.3) is 11.4 Å². The molecule has 1 fully saturated rings. The third-order valence-electron chi connectivity index (χ3n) is 5.93. The first-order valence-corrected chi connectivity index (χ1v) is 11.0. The molecule has 0 unspecified atom stereocenters. The van der Waals surface area contributed by atoms with Gasteiger partial charge in [0, 0.05) is 31.7 Å². The van der Waals surface area contributed by atoms with Gasteiger partial charge in [-0.3, -0.25) is 9.69 Å². The molecule has 2 aromatic rings. The minimum atomic E-state index is -0.0315. The van der Waals surface area contributed by atoms with Crippen molar-refractivity contribution in [3.63, 3.8) is 0 Å². The summed E-state index contributed by atoms with van der Waals surface area (Å²) in [6.07, 6.45) is 5.34. The number of imidazole rings is 1. The molecule has 6 nitrogen and oxygen atoms in total. The number of benzene rings is 1. The second-order valence-electron chi connectivity index (χ2n) is 8.12. The summed E-state index contributed by atoms with van der Waals surface area (Å²) >= 11 is 0. The summed E-state index contributed by atoms with van der Waals surface area (Å²) in [6, 6.07) is 8.44. The number of aromatic nitrogens is 2. The minimum Gasteiger partial charge on any atom is -0.379 e. The number of hydrogen-bond donors (Lipinski definition) is 1. The zero-order valence-corrected chi connectivity index (χ0v) is 17.5. The number of morpholine rings is 1. The molecule has 156 valence electrons. The lowest BCUT2D eigenvalue weighted by atomic mass is 10.1. The van der Waals surface area contributed by atoms with Crippen molar-refractivity contribution in [3.8, 4) is 11.4 Å². The topological polar surface area (TPSA) is 59.4 Å². The van der Waals surface area contributed by atoms with E-state index in [1.807, 2.05) is 0 Å². The number of ether oxygens (including phenoxy) is 1. The Labute approximate surface area is 173 Å². The van der Waals surface area contributed by atoms with Crippen molar-refractivity contribution in [1.82, 2.24) is 19.8 Å². The van der Waals surface area contributed by atoms with Gasteiger partial charge < -0.3 is 14.6 Å². The lowest BCUT2D eigenvalue weighted by Crippen LogP contribution is -2.38. The molecule has 0 radical (unpaired) electrons. The monoisotopic (exact) mass is 396 g/mol. The average Bonchev–Trinajstić information content (AvgIpc) is 2.93. The Morgan fingerprint density at radius 2 is 1.90 bits per heavy atom. The van der Waals surface area contributed by atoms with Crippen molar-refractivity contribution in [2.24, 2.45) is 0 Å². The van der Waals surface area contributed by atoms with Gasteiger partial charge in [0.2, 0.25) is 0 Å². The maximum Gasteiger partial charge on any atom is 0.271 e. The van der Waals surface area contributed by atoms with E-state index in [9.17, 15) is 4.79 Å². The number of nitrogens with zero attached hydrogens (tertiary/aromatic N) is 3. The average molecular weight is 397 g/mol. The Balaban J connectivity index is 1.45. The number of aryl methyl sites for hydroxylation is 1. The third kappa shape index (κ3) is 4.87. The normalized spacial score (nSPS) is 17.6. The smallest absolute Gasteiger partial charge is 0.271 e. The molecule has 0 atom stereocenters. The standard InChI is InChI=1S/C23H32N4O2/c1-18-7-9-19(10-8-18)22-25-21(20-6-3-2-4-13-27(20)22)23(28)24-11-5-12-26-14-16-29-17-15-26/h7-10H,2-6,11-17H2,1H3,(H,24,28). The molecule has 4 rings (SSSR count). The van der Waals surface area contributed by atoms with Gasteiger partial charge in [-0.05, 0) is 39.2 Å². The van der Waals surface area contributed by atoms with Crippen molar-refractivity contribution in [3.05, 3.63) is 41.2 Å². The molecule has 29 heavy (non-hydrogen) atoms. The van der Waals surface area contributed by atoms with Crippen LogP contribution in [-0.4, -0.2) is 59.8 Å². The van der Waals surface area contributed by atoms with Gasteiger partial charge >= 0.3 is 0 Å². The molecule has 2 aliphatic heterocycles. The fraction of sp³-hybridized carbons (Fsp3) is 0.565. The van der Waals surface area contributed by atoms with Crippen molar-refractivity contribution in [2.45, 2.75) is 45.6 Å². The number of carbonyl (C=O) groups is 1. The number of amides is 1. The molecule has 2 aliphatic rings. The summed E-state index contributed by atoms with van der Waals surface area (Å²) in [5.74, 6) is 0.899. The van der Waals surface area contributed by atoms with E-state index in [0.717, 1.165) is 82.2 Å². The first kappa shape index (κ1) is 20.1. The predicted octanol–water partition coefficient (Wildman–Crippen LogP) is 3.04. The quantitative estimate of drug-likeness (QED) is 0.763. The van der Waals surface area contributed by atoms with E-state index in [2.05, 4.69) is 46.0 Å². The Morgan fingerprint density at radius 1 is 1.10 bits per heavy atom. The maximum atomic E-state index is 13.0. The maximum absolute atomic E-state index is 13.0. The molecule has 0 aliphatic carbocycles. The molecule has 3 heterocycles. The van der Waals surface area contributed by atoms with Crippen LogP contribution in [0.3, 0.4) is 0 Å². The van der Waals surface area contributed by atoms with Gasteiger partial charge in [0.1, 0.15) is 11.5 Å². The molecule has 0 spiro atoms. The summed E-state index contributed by atoms with van der Waals surface area (Å²) in [4.78, 5) is 20.2. The lowest BCUT2D eigenvalue weighted by Gasteiger charge is -2.26. The third-order valence-corrected chi connectivity index (χ3v) is 5.93. The van der Waals surface area contributed by atoms with Crippen LogP contribution in [-0.2, 0) is 17.7 Å². The Bertz CT molecular complexity index is 822. The molecule has 1 aromatic heterocycles. The molecule has 1 saturated heterocycles. The summed E-state index contributed by atoms with van der Waals surface area (Å²) in [5, 5.41) is 3.11. The molecule has 1 aromatic carbocycles. The van der Waals surface area contributed by atoms with Gasteiger partial charge in [-0.15, -0.1) is 0 Å². The fourth-order valence-corrected chi connectivity index (χ4v) is 4.24. The van der Waals surface area contributed by atoms with Gasteiger partial charge in [-0.2, -0.15) is 0 Å². The van der Waals surface area contributed by atoms with Crippen LogP contribution in [0.2, 0.25) is 0 Å². The van der Waals surface area contributed by atoms with Crippen LogP contribution in [0, 0.1) is 6.92 Å². The summed E-state index contributed by atoms with van der Waals surface area (Å²) in [6.45, 7) is 8.32. The van der Waals surface area contributed by atoms with Crippen LogP contribution < -0.4 is 5.32 Å². The molecular weight excluding hydrogens is 364 g/mol. The highest BCUT2D eigenvalue weighted by Crippen LogP contribution is 2.27. The van der Waals surface area contributed by atoms with Crippen LogP contribution in [0.4, 0.5) is 0 Å². The van der Waals surface area contributed by atoms with Gasteiger partial charge in [-0.25, -0.2) is 4.98 Å². The number of hydrogen-bond acceptors (Lipinski definition) is 4. The first-order valence-electron chi connectivity index (χ1n) is 11.0. The van der Waals surface area contributed by atoms with Crippen LogP contribution in [0.15, 0.2) is 24.3 Å². The predicted molar refractivity (Wildman–Crippen MR) is 114 cm³/mol. The fourth-order valence-electron chi connectivity index (χ4n) is 4.24. The lowest BCUT2D eigenvalue weighted by molar-refractivity contribution is 0.0374. The number of nitrogens with one attached hydrogen (secondary N) is 1. The highest BCUT2D eigenvalue weighted by atomic mass is 16.5. The molecule has 1 N–H and O–H groups in total. The molecule has 6 heteroatoms. The zero-order valence-electron chi connectivity index (χ0n) is 17.5. The summed E-state index contributed by atoms with van der Waals surface area (Å²) in [7, 11) is 0. The van der Waals surface area contributed by atoms with E-state index in [1.165, 1.54) is 12.0 Å². The van der Waals surface area contributed by atoms with Crippen molar-refractivity contribution < 1.29 is 9.53 Å². The SMILES string of the molecule is Cc1ccc(-c2nc(C(=O)NCCCN3CCOCC3)c3n2CCCCC3)cc1. The Kier molecular flexibility index (Phi) is 6.62. The van der Waals surface area contributed by atoms with E-state index >= 15 is 0 Å². The number of rotatable bonds is 6. The van der Waals surface area contributed by atoms with Gasteiger partial charge in [-0.1, -0.05) is 36.2 Å². The van der Waals surface area contributed by atoms with Gasteiger partial charge in [0.25, 0.3) is 5.91 Å². The first-order chi connectivity index (χ1) is 14.2. The largest absolute Gasteiger partial charge is 0.379 e. The van der Waals surface area contributed by atoms with Gasteiger partial charge in [0.15, 0.2) is 0 Å². The number of carbonyl (C=O) groups excluding carboxylic acids is 1. The van der Waals surface area contributed by atoms with Crippen molar-refractivity contribution >= 4 is 5.91 Å². The highest BCUT2D eigenvalue weighted by molar-refractivity contribution is 5.94. The summed E-state index contributed by atoms with van der Waals surface area (Å²) in [5.41, 5.74) is 4.04. The van der Waals surface area contributed by atoms with E-state index in [1.54, 1.807) is 0 Å². The highest BCUT2D eigenvalue weighted by Gasteiger charge is 2.24. The number of fused-ring (bicyclic) bond motifs is 1. The molecule has 1 amide bonds. The van der Waals surface area contributed by atoms with Crippen LogP contribution in [0.1, 0.15) is 47.4 Å². The molecular formula is C23H32N4O2. The Morgan fingerprint density at radius 3 is 2.69 bits per heavy atom. The van der Waals surface area contributed by atoms with Crippen molar-refractivity contribution in [1.29, 1.82) is 0 Å². The van der Waals surface area contributed by atoms with E-state index in [-0.39, 0.29) is 5.91 Å². The van der Waals surface area contributed by atoms with E-state index in [4.69, 9.17) is 9.72 Å². The van der Waals surface area contributed by atoms with Crippen LogP contribution in [0.5, 0.6) is 0 Å². The van der Waals surface area contributed by atoms with Gasteiger partial charge in [0.05, 0.1) is 18.9 Å². The molecule has 0 bridgehead atoms. The zero-order chi connectivity index (χ0) is 20.1. The van der Waals surface area contributed by atoms with E-state index in [0.29, 0.717) is 12.2 Å². The summed E-state index contributed by atoms with van der Waals surface area (Å²) < 4.78 is 7.67. The Hall–Kier alpha value is -2.18. The second kappa shape index (κ2) is 9.55. The molecule has 0 saturated carbocycles. The second-order valence-corrected chi connectivity index (χ2v) is 8.12. The van der Waals surface area contributed by atoms with Crippen molar-refractivity contribution in [2.75, 3.05) is 39.4 Å².